The van der Waals surface area contributed by atoms with Crippen LogP contribution in [0, 0.1) is 0 Å². The van der Waals surface area contributed by atoms with E-state index in [9.17, 15) is 9.90 Å². The first-order chi connectivity index (χ1) is 7.97. The number of methoxy groups -OCH3 is 1. The van der Waals surface area contributed by atoms with E-state index in [1.165, 1.54) is 7.11 Å². The molecule has 0 unspecified atom stereocenters. The summed E-state index contributed by atoms with van der Waals surface area (Å²) in [5, 5.41) is 9.61. The Labute approximate surface area is 101 Å². The number of hydrogen-bond acceptors (Lipinski definition) is 5. The number of nitrogens with two attached hydrogens (primary N) is 1. The molecule has 1 rings (SSSR count). The predicted octanol–water partition coefficient (Wildman–Crippen LogP) is 0.286. The van der Waals surface area contributed by atoms with E-state index in [0.717, 1.165) is 5.69 Å². The molecule has 3 N–H and O–H groups in total. The fourth-order valence-electron chi connectivity index (χ4n) is 1.44. The molecule has 17 heavy (non-hydrogen) atoms. The number of ether oxygens (including phenoxy) is 1. The molecule has 0 aliphatic rings. The van der Waals surface area contributed by atoms with E-state index in [-0.39, 0.29) is 0 Å². The van der Waals surface area contributed by atoms with Gasteiger partial charge in [-0.1, -0.05) is 12.1 Å². The van der Waals surface area contributed by atoms with Gasteiger partial charge in [0.2, 0.25) is 0 Å². The van der Waals surface area contributed by atoms with Crippen LogP contribution in [0.4, 0.5) is 5.69 Å². The summed E-state index contributed by atoms with van der Waals surface area (Å²) in [5.74, 6) is -0.728. The second-order valence-corrected chi connectivity index (χ2v) is 3.98. The van der Waals surface area contributed by atoms with E-state index in [4.69, 9.17) is 5.73 Å². The monoisotopic (exact) mass is 238 g/mol. The highest BCUT2D eigenvalue weighted by atomic mass is 16.5. The lowest BCUT2D eigenvalue weighted by molar-refractivity contribution is -0.151. The van der Waals surface area contributed by atoms with Gasteiger partial charge in [0, 0.05) is 19.8 Å². The normalized spacial score (nSPS) is 13.9. The largest absolute Gasteiger partial charge is 0.467 e. The van der Waals surface area contributed by atoms with Gasteiger partial charge in [-0.25, -0.2) is 4.79 Å². The smallest absolute Gasteiger partial charge is 0.336 e. The highest BCUT2D eigenvalue weighted by Crippen LogP contribution is 2.19. The predicted molar refractivity (Wildman–Crippen MR) is 65.7 cm³/mol. The van der Waals surface area contributed by atoms with Crippen molar-refractivity contribution in [3.8, 4) is 0 Å². The third kappa shape index (κ3) is 3.18. The highest BCUT2D eigenvalue weighted by molar-refractivity contribution is 5.75. The van der Waals surface area contributed by atoms with Crippen LogP contribution in [0.25, 0.3) is 0 Å². The van der Waals surface area contributed by atoms with E-state index in [1.54, 1.807) is 12.1 Å². The van der Waals surface area contributed by atoms with Crippen LogP contribution in [0.3, 0.4) is 0 Å². The molecular formula is C12H18N2O3. The molecule has 0 heterocycles. The number of aliphatic hydroxyl groups excluding tert-OH is 1. The Balaban J connectivity index is 2.82. The number of carbonyl (C=O) groups is 1. The lowest BCUT2D eigenvalue weighted by atomic mass is 10.0. The minimum atomic E-state index is -1.34. The Morgan fingerprint density at radius 3 is 2.29 bits per heavy atom. The number of esters is 1. The number of nitrogens with zero attached hydrogens (tertiary/aromatic N) is 1. The SMILES string of the molecule is COC(=O)[C@H](O)[C@@H](N)c1ccc(N(C)C)cc1. The third-order valence-corrected chi connectivity index (χ3v) is 2.58. The summed E-state index contributed by atoms with van der Waals surface area (Å²) in [4.78, 5) is 13.1. The summed E-state index contributed by atoms with van der Waals surface area (Å²) >= 11 is 0. The van der Waals surface area contributed by atoms with Gasteiger partial charge in [0.15, 0.2) is 6.10 Å². The molecular weight excluding hydrogens is 220 g/mol. The molecule has 0 saturated heterocycles. The average Bonchev–Trinajstić information content (AvgIpc) is 2.36. The molecule has 1 aromatic carbocycles. The lowest BCUT2D eigenvalue weighted by Crippen LogP contribution is -2.34. The van der Waals surface area contributed by atoms with Crippen LogP contribution in [-0.4, -0.2) is 38.4 Å². The molecule has 0 fully saturated rings. The van der Waals surface area contributed by atoms with Gasteiger partial charge in [-0.3, -0.25) is 0 Å². The van der Waals surface area contributed by atoms with Crippen molar-refractivity contribution in [2.75, 3.05) is 26.1 Å². The summed E-state index contributed by atoms with van der Waals surface area (Å²) in [6.45, 7) is 0. The van der Waals surface area contributed by atoms with Gasteiger partial charge >= 0.3 is 5.97 Å². The maximum Gasteiger partial charge on any atom is 0.336 e. The summed E-state index contributed by atoms with van der Waals surface area (Å²) in [6.07, 6.45) is -1.34. The van der Waals surface area contributed by atoms with Crippen LogP contribution in [0.15, 0.2) is 24.3 Å². The van der Waals surface area contributed by atoms with Gasteiger partial charge in [0.1, 0.15) is 0 Å². The fraction of sp³-hybridized carbons (Fsp3) is 0.417. The van der Waals surface area contributed by atoms with Crippen molar-refractivity contribution < 1.29 is 14.6 Å². The van der Waals surface area contributed by atoms with Gasteiger partial charge in [-0.15, -0.1) is 0 Å². The van der Waals surface area contributed by atoms with E-state index in [2.05, 4.69) is 4.74 Å². The fourth-order valence-corrected chi connectivity index (χ4v) is 1.44. The summed E-state index contributed by atoms with van der Waals surface area (Å²) in [7, 11) is 5.07. The van der Waals surface area contributed by atoms with Gasteiger partial charge in [-0.2, -0.15) is 0 Å². The van der Waals surface area contributed by atoms with Gasteiger partial charge in [-0.05, 0) is 17.7 Å². The van der Waals surface area contributed by atoms with E-state index >= 15 is 0 Å². The van der Waals surface area contributed by atoms with Crippen molar-refractivity contribution in [2.45, 2.75) is 12.1 Å². The lowest BCUT2D eigenvalue weighted by Gasteiger charge is -2.18. The number of hydrogen-bond donors (Lipinski definition) is 2. The Bertz CT molecular complexity index is 376. The summed E-state index contributed by atoms with van der Waals surface area (Å²) < 4.78 is 4.44. The van der Waals surface area contributed by atoms with Crippen LogP contribution in [0.1, 0.15) is 11.6 Å². The number of rotatable bonds is 4. The van der Waals surface area contributed by atoms with Crippen molar-refractivity contribution in [1.82, 2.24) is 0 Å². The average molecular weight is 238 g/mol. The second-order valence-electron chi connectivity index (χ2n) is 3.98. The first kappa shape index (κ1) is 13.5. The molecule has 94 valence electrons. The molecule has 0 spiro atoms. The third-order valence-electron chi connectivity index (χ3n) is 2.58. The minimum Gasteiger partial charge on any atom is -0.467 e. The Kier molecular flexibility index (Phi) is 4.48. The van der Waals surface area contributed by atoms with E-state index < -0.39 is 18.1 Å². The van der Waals surface area contributed by atoms with Crippen molar-refractivity contribution >= 4 is 11.7 Å². The van der Waals surface area contributed by atoms with Crippen molar-refractivity contribution in [3.63, 3.8) is 0 Å². The van der Waals surface area contributed by atoms with Crippen LogP contribution < -0.4 is 10.6 Å². The molecule has 5 nitrogen and oxygen atoms in total. The topological polar surface area (TPSA) is 75.8 Å². The zero-order valence-corrected chi connectivity index (χ0v) is 10.3. The van der Waals surface area contributed by atoms with Crippen LogP contribution in [0.5, 0.6) is 0 Å². The van der Waals surface area contributed by atoms with Crippen molar-refractivity contribution in [2.24, 2.45) is 5.73 Å². The highest BCUT2D eigenvalue weighted by Gasteiger charge is 2.24. The molecule has 0 bridgehead atoms. The number of benzene rings is 1. The number of aliphatic hydroxyl groups is 1. The Morgan fingerprint density at radius 1 is 1.35 bits per heavy atom. The molecule has 0 aliphatic carbocycles. The van der Waals surface area contributed by atoms with Crippen molar-refractivity contribution in [1.29, 1.82) is 0 Å². The first-order valence-corrected chi connectivity index (χ1v) is 5.26. The Morgan fingerprint density at radius 2 is 1.88 bits per heavy atom. The minimum absolute atomic E-state index is 0.688. The van der Waals surface area contributed by atoms with Crippen molar-refractivity contribution in [3.05, 3.63) is 29.8 Å². The van der Waals surface area contributed by atoms with Gasteiger partial charge < -0.3 is 20.5 Å². The maximum atomic E-state index is 11.1. The first-order valence-electron chi connectivity index (χ1n) is 5.26. The second kappa shape index (κ2) is 5.65. The molecule has 5 heteroatoms. The van der Waals surface area contributed by atoms with E-state index in [1.807, 2.05) is 31.1 Å². The van der Waals surface area contributed by atoms with Crippen LogP contribution in [0.2, 0.25) is 0 Å². The van der Waals surface area contributed by atoms with Crippen LogP contribution >= 0.6 is 0 Å². The quantitative estimate of drug-likeness (QED) is 0.737. The molecule has 0 aromatic heterocycles. The zero-order chi connectivity index (χ0) is 13.0. The number of anilines is 1. The molecule has 0 amide bonds. The summed E-state index contributed by atoms with van der Waals surface area (Å²) in [5.41, 5.74) is 7.49. The Hall–Kier alpha value is -1.59. The van der Waals surface area contributed by atoms with E-state index in [0.29, 0.717) is 5.56 Å². The van der Waals surface area contributed by atoms with Crippen LogP contribution in [-0.2, 0) is 9.53 Å². The molecule has 0 aliphatic heterocycles. The van der Waals surface area contributed by atoms with Gasteiger partial charge in [0.25, 0.3) is 0 Å². The molecule has 1 aromatic rings. The van der Waals surface area contributed by atoms with Gasteiger partial charge in [0.05, 0.1) is 13.2 Å². The zero-order valence-electron chi connectivity index (χ0n) is 10.3. The summed E-state index contributed by atoms with van der Waals surface area (Å²) in [6, 6.07) is 6.54. The molecule has 0 radical (unpaired) electrons. The number of carbonyl (C=O) groups excluding carboxylic acids is 1. The standard InChI is InChI=1S/C12H18N2O3/c1-14(2)9-6-4-8(5-7-9)10(13)11(15)12(16)17-3/h4-7,10-11,15H,13H2,1-3H3/t10-,11+/m0/s1. The maximum absolute atomic E-state index is 11.1. The molecule has 2 atom stereocenters. The molecule has 0 saturated carbocycles.